The Morgan fingerprint density at radius 2 is 1.92 bits per heavy atom. The van der Waals surface area contributed by atoms with Gasteiger partial charge in [0.2, 0.25) is 0 Å². The van der Waals surface area contributed by atoms with Crippen LogP contribution in [0.25, 0.3) is 11.0 Å². The SMILES string of the molecule is Cc1nc2cc(C(=O)N3CCCCC3)ccc2n1Cc1cccc(Cl)c1. The number of hydrogen-bond acceptors (Lipinski definition) is 2. The van der Waals surface area contributed by atoms with Gasteiger partial charge in [0.15, 0.2) is 0 Å². The van der Waals surface area contributed by atoms with Gasteiger partial charge in [-0.3, -0.25) is 4.79 Å². The van der Waals surface area contributed by atoms with Gasteiger partial charge in [-0.2, -0.15) is 0 Å². The van der Waals surface area contributed by atoms with Gasteiger partial charge in [-0.1, -0.05) is 23.7 Å². The smallest absolute Gasteiger partial charge is 0.253 e. The average Bonchev–Trinajstić information content (AvgIpc) is 2.96. The maximum Gasteiger partial charge on any atom is 0.253 e. The molecule has 0 unspecified atom stereocenters. The third-order valence-electron chi connectivity index (χ3n) is 5.06. The maximum atomic E-state index is 12.7. The van der Waals surface area contributed by atoms with Crippen LogP contribution in [0, 0.1) is 6.92 Å². The third kappa shape index (κ3) is 3.34. The number of carbonyl (C=O) groups is 1. The Morgan fingerprint density at radius 1 is 1.12 bits per heavy atom. The number of aromatic nitrogens is 2. The zero-order valence-corrected chi connectivity index (χ0v) is 15.7. The van der Waals surface area contributed by atoms with Crippen LogP contribution in [0.2, 0.25) is 5.02 Å². The first-order chi connectivity index (χ1) is 12.6. The highest BCUT2D eigenvalue weighted by Gasteiger charge is 2.19. The van der Waals surface area contributed by atoms with Gasteiger partial charge in [0.1, 0.15) is 5.82 Å². The summed E-state index contributed by atoms with van der Waals surface area (Å²) in [6.07, 6.45) is 3.42. The van der Waals surface area contributed by atoms with Crippen molar-refractivity contribution in [2.45, 2.75) is 32.7 Å². The topological polar surface area (TPSA) is 38.1 Å². The molecule has 1 aliphatic rings. The molecule has 26 heavy (non-hydrogen) atoms. The fourth-order valence-corrected chi connectivity index (χ4v) is 3.89. The van der Waals surface area contributed by atoms with E-state index in [0.717, 1.165) is 58.9 Å². The number of hydrogen-bond donors (Lipinski definition) is 0. The van der Waals surface area contributed by atoms with Crippen LogP contribution < -0.4 is 0 Å². The van der Waals surface area contributed by atoms with Crippen molar-refractivity contribution in [3.63, 3.8) is 0 Å². The Kier molecular flexibility index (Phi) is 4.68. The summed E-state index contributed by atoms with van der Waals surface area (Å²) in [5.74, 6) is 1.05. The summed E-state index contributed by atoms with van der Waals surface area (Å²) in [6.45, 7) is 4.43. The lowest BCUT2D eigenvalue weighted by molar-refractivity contribution is 0.0724. The number of aryl methyl sites for hydroxylation is 1. The van der Waals surface area contributed by atoms with Crippen molar-refractivity contribution in [1.29, 1.82) is 0 Å². The molecule has 1 aliphatic heterocycles. The number of imidazole rings is 1. The molecule has 0 radical (unpaired) electrons. The number of halogens is 1. The van der Waals surface area contributed by atoms with E-state index in [0.29, 0.717) is 6.54 Å². The summed E-state index contributed by atoms with van der Waals surface area (Å²) in [7, 11) is 0. The van der Waals surface area contributed by atoms with Crippen LogP contribution in [-0.2, 0) is 6.54 Å². The number of rotatable bonds is 3. The molecule has 2 aromatic carbocycles. The second-order valence-corrected chi connectivity index (χ2v) is 7.37. The second-order valence-electron chi connectivity index (χ2n) is 6.93. The molecular weight excluding hydrogens is 346 g/mol. The molecule has 1 saturated heterocycles. The monoisotopic (exact) mass is 367 g/mol. The zero-order valence-electron chi connectivity index (χ0n) is 14.9. The lowest BCUT2D eigenvalue weighted by Crippen LogP contribution is -2.35. The standard InChI is InChI=1S/C21H22ClN3O/c1-15-23-19-13-17(21(26)24-10-3-2-4-11-24)8-9-20(19)25(15)14-16-6-5-7-18(22)12-16/h5-9,12-13H,2-4,10-11,14H2,1H3. The molecule has 2 heterocycles. The number of piperidine rings is 1. The fourth-order valence-electron chi connectivity index (χ4n) is 3.68. The molecule has 1 aromatic heterocycles. The van der Waals surface area contributed by atoms with E-state index < -0.39 is 0 Å². The van der Waals surface area contributed by atoms with Crippen LogP contribution in [0.1, 0.15) is 41.0 Å². The highest BCUT2D eigenvalue weighted by Crippen LogP contribution is 2.22. The van der Waals surface area contributed by atoms with E-state index in [-0.39, 0.29) is 5.91 Å². The molecule has 0 spiro atoms. The Labute approximate surface area is 158 Å². The molecule has 134 valence electrons. The van der Waals surface area contributed by atoms with Crippen molar-refractivity contribution in [1.82, 2.24) is 14.5 Å². The van der Waals surface area contributed by atoms with Crippen LogP contribution in [0.3, 0.4) is 0 Å². The minimum Gasteiger partial charge on any atom is -0.339 e. The van der Waals surface area contributed by atoms with Crippen molar-refractivity contribution in [2.24, 2.45) is 0 Å². The first-order valence-corrected chi connectivity index (χ1v) is 9.50. The Bertz CT molecular complexity index is 957. The predicted octanol–water partition coefficient (Wildman–Crippen LogP) is 4.67. The largest absolute Gasteiger partial charge is 0.339 e. The van der Waals surface area contributed by atoms with Gasteiger partial charge in [-0.05, 0) is 62.1 Å². The molecule has 3 aromatic rings. The van der Waals surface area contributed by atoms with Crippen molar-refractivity contribution >= 4 is 28.5 Å². The third-order valence-corrected chi connectivity index (χ3v) is 5.29. The predicted molar refractivity (Wildman–Crippen MR) is 105 cm³/mol. The maximum absolute atomic E-state index is 12.7. The first kappa shape index (κ1) is 17.1. The zero-order chi connectivity index (χ0) is 18.1. The number of fused-ring (bicyclic) bond motifs is 1. The van der Waals surface area contributed by atoms with Gasteiger partial charge in [0.25, 0.3) is 5.91 Å². The van der Waals surface area contributed by atoms with Gasteiger partial charge in [0.05, 0.1) is 11.0 Å². The summed E-state index contributed by atoms with van der Waals surface area (Å²) < 4.78 is 2.16. The number of nitrogens with zero attached hydrogens (tertiary/aromatic N) is 3. The van der Waals surface area contributed by atoms with E-state index >= 15 is 0 Å². The van der Waals surface area contributed by atoms with Crippen molar-refractivity contribution < 1.29 is 4.79 Å². The summed E-state index contributed by atoms with van der Waals surface area (Å²) in [5.41, 5.74) is 3.77. The molecule has 5 heteroatoms. The Morgan fingerprint density at radius 3 is 2.69 bits per heavy atom. The van der Waals surface area contributed by atoms with Gasteiger partial charge in [-0.15, -0.1) is 0 Å². The molecule has 4 rings (SSSR count). The van der Waals surface area contributed by atoms with E-state index in [1.54, 1.807) is 0 Å². The van der Waals surface area contributed by atoms with E-state index in [4.69, 9.17) is 11.6 Å². The lowest BCUT2D eigenvalue weighted by atomic mass is 10.1. The molecule has 0 atom stereocenters. The van der Waals surface area contributed by atoms with Gasteiger partial charge < -0.3 is 9.47 Å². The van der Waals surface area contributed by atoms with Crippen LogP contribution in [0.5, 0.6) is 0 Å². The average molecular weight is 368 g/mol. The minimum atomic E-state index is 0.119. The quantitative estimate of drug-likeness (QED) is 0.674. The first-order valence-electron chi connectivity index (χ1n) is 9.12. The van der Waals surface area contributed by atoms with Crippen molar-refractivity contribution in [3.8, 4) is 0 Å². The molecule has 1 amide bonds. The van der Waals surface area contributed by atoms with Crippen LogP contribution >= 0.6 is 11.6 Å². The van der Waals surface area contributed by atoms with Gasteiger partial charge in [-0.25, -0.2) is 4.98 Å². The number of carbonyl (C=O) groups excluding carboxylic acids is 1. The van der Waals surface area contributed by atoms with E-state index in [2.05, 4.69) is 15.6 Å². The fraction of sp³-hybridized carbons (Fsp3) is 0.333. The highest BCUT2D eigenvalue weighted by atomic mass is 35.5. The highest BCUT2D eigenvalue weighted by molar-refractivity contribution is 6.30. The van der Waals surface area contributed by atoms with Crippen LogP contribution in [-0.4, -0.2) is 33.4 Å². The van der Waals surface area contributed by atoms with Gasteiger partial charge in [0, 0.05) is 30.2 Å². The molecule has 0 aliphatic carbocycles. The van der Waals surface area contributed by atoms with Crippen LogP contribution in [0.15, 0.2) is 42.5 Å². The summed E-state index contributed by atoms with van der Waals surface area (Å²) >= 11 is 6.11. The Hall–Kier alpha value is -2.33. The second kappa shape index (κ2) is 7.12. The normalized spacial score (nSPS) is 14.8. The number of likely N-dealkylation sites (tertiary alicyclic amines) is 1. The van der Waals surface area contributed by atoms with Crippen LogP contribution in [0.4, 0.5) is 0 Å². The molecule has 1 fully saturated rings. The lowest BCUT2D eigenvalue weighted by Gasteiger charge is -2.26. The Balaban J connectivity index is 1.64. The summed E-state index contributed by atoms with van der Waals surface area (Å²) in [5, 5.41) is 0.735. The van der Waals surface area contributed by atoms with E-state index in [1.165, 1.54) is 6.42 Å². The van der Waals surface area contributed by atoms with Crippen molar-refractivity contribution in [3.05, 3.63) is 64.4 Å². The van der Waals surface area contributed by atoms with E-state index in [9.17, 15) is 4.79 Å². The molecule has 0 saturated carbocycles. The van der Waals surface area contributed by atoms with Gasteiger partial charge >= 0.3 is 0 Å². The molecular formula is C21H22ClN3O. The molecule has 4 nitrogen and oxygen atoms in total. The molecule has 0 N–H and O–H groups in total. The summed E-state index contributed by atoms with van der Waals surface area (Å²) in [6, 6.07) is 13.7. The molecule has 0 bridgehead atoms. The summed E-state index contributed by atoms with van der Waals surface area (Å²) in [4.78, 5) is 19.4. The van der Waals surface area contributed by atoms with Crippen molar-refractivity contribution in [2.75, 3.05) is 13.1 Å². The minimum absolute atomic E-state index is 0.119. The number of amides is 1. The van der Waals surface area contributed by atoms with E-state index in [1.807, 2.05) is 48.2 Å². The number of benzene rings is 2.